The van der Waals surface area contributed by atoms with E-state index in [1.54, 1.807) is 17.0 Å². The highest BCUT2D eigenvalue weighted by Gasteiger charge is 2.35. The Kier molecular flexibility index (Phi) is 4.71. The first-order valence-corrected chi connectivity index (χ1v) is 8.58. The first-order chi connectivity index (χ1) is 11.2. The molecule has 1 fully saturated rings. The highest BCUT2D eigenvalue weighted by molar-refractivity contribution is 7.16. The molecule has 0 bridgehead atoms. The smallest absolute Gasteiger partial charge is 0.262 e. The van der Waals surface area contributed by atoms with Crippen molar-refractivity contribution in [1.82, 2.24) is 19.7 Å². The van der Waals surface area contributed by atoms with E-state index in [0.717, 1.165) is 30.5 Å². The molecule has 0 atom stereocenters. The van der Waals surface area contributed by atoms with Gasteiger partial charge in [0.05, 0.1) is 17.3 Å². The molecular weight excluding hydrogens is 350 g/mol. The van der Waals surface area contributed by atoms with Crippen molar-refractivity contribution in [2.45, 2.75) is 44.2 Å². The van der Waals surface area contributed by atoms with Crippen LogP contribution in [-0.4, -0.2) is 19.7 Å². The van der Waals surface area contributed by atoms with Gasteiger partial charge in [-0.05, 0) is 24.3 Å². The Hall–Kier alpha value is -1.77. The molecule has 0 saturated heterocycles. The van der Waals surface area contributed by atoms with E-state index in [9.17, 15) is 4.79 Å². The molecule has 0 aliphatic heterocycles. The molecule has 0 amide bonds. The van der Waals surface area contributed by atoms with E-state index in [0.29, 0.717) is 30.1 Å². The number of nitrogens with two attached hydrogens (primary N) is 1. The predicted octanol–water partition coefficient (Wildman–Crippen LogP) is 2.23. The van der Waals surface area contributed by atoms with Crippen LogP contribution in [0.25, 0.3) is 10.2 Å². The topological polar surface area (TPSA) is 99.8 Å². The third-order valence-electron chi connectivity index (χ3n) is 4.43. The second-order valence-corrected chi connectivity index (χ2v) is 6.90. The van der Waals surface area contributed by atoms with Crippen molar-refractivity contribution in [2.24, 2.45) is 5.73 Å². The largest absolute Gasteiger partial charge is 0.339 e. The van der Waals surface area contributed by atoms with Crippen molar-refractivity contribution < 1.29 is 4.52 Å². The average molecular weight is 368 g/mol. The van der Waals surface area contributed by atoms with E-state index >= 15 is 0 Å². The van der Waals surface area contributed by atoms with Crippen LogP contribution in [0, 0.1) is 0 Å². The molecule has 2 N–H and O–H groups in total. The number of hydrogen-bond donors (Lipinski definition) is 1. The Balaban J connectivity index is 0.00000169. The Morgan fingerprint density at radius 1 is 1.38 bits per heavy atom. The van der Waals surface area contributed by atoms with Crippen LogP contribution in [0.15, 0.2) is 27.1 Å². The number of aryl methyl sites for hydroxylation is 2. The Bertz CT molecular complexity index is 897. The summed E-state index contributed by atoms with van der Waals surface area (Å²) >= 11 is 1.46. The summed E-state index contributed by atoms with van der Waals surface area (Å²) in [5.41, 5.74) is 5.84. The van der Waals surface area contributed by atoms with Crippen molar-refractivity contribution in [1.29, 1.82) is 0 Å². The molecule has 7 nitrogen and oxygen atoms in total. The Labute approximate surface area is 148 Å². The van der Waals surface area contributed by atoms with Gasteiger partial charge < -0.3 is 10.3 Å². The van der Waals surface area contributed by atoms with Crippen molar-refractivity contribution in [3.05, 3.63) is 39.8 Å². The minimum absolute atomic E-state index is 0. The van der Waals surface area contributed by atoms with Gasteiger partial charge in [0.15, 0.2) is 5.82 Å². The molecule has 3 heterocycles. The van der Waals surface area contributed by atoms with Crippen LogP contribution in [0.2, 0.25) is 0 Å². The molecule has 0 spiro atoms. The predicted molar refractivity (Wildman–Crippen MR) is 93.5 cm³/mol. The maximum Gasteiger partial charge on any atom is 0.262 e. The average Bonchev–Trinajstić information content (AvgIpc) is 3.27. The van der Waals surface area contributed by atoms with Crippen molar-refractivity contribution in [2.75, 3.05) is 0 Å². The number of rotatable bonds is 4. The van der Waals surface area contributed by atoms with E-state index in [1.165, 1.54) is 11.3 Å². The molecule has 0 radical (unpaired) electrons. The summed E-state index contributed by atoms with van der Waals surface area (Å²) in [7, 11) is 0. The van der Waals surface area contributed by atoms with Crippen LogP contribution in [0.4, 0.5) is 0 Å². The van der Waals surface area contributed by atoms with Crippen LogP contribution in [0.3, 0.4) is 0 Å². The van der Waals surface area contributed by atoms with Crippen LogP contribution < -0.4 is 11.3 Å². The second kappa shape index (κ2) is 6.62. The molecule has 1 saturated carbocycles. The summed E-state index contributed by atoms with van der Waals surface area (Å²) in [4.78, 5) is 21.8. The van der Waals surface area contributed by atoms with Gasteiger partial charge in [-0.2, -0.15) is 4.98 Å². The lowest BCUT2D eigenvalue weighted by molar-refractivity contribution is 0.344. The molecule has 9 heteroatoms. The van der Waals surface area contributed by atoms with Gasteiger partial charge >= 0.3 is 0 Å². The van der Waals surface area contributed by atoms with Gasteiger partial charge in [-0.1, -0.05) is 18.0 Å². The lowest BCUT2D eigenvalue weighted by Gasteiger charge is -2.17. The molecule has 0 unspecified atom stereocenters. The fourth-order valence-corrected chi connectivity index (χ4v) is 3.78. The van der Waals surface area contributed by atoms with Gasteiger partial charge in [0.1, 0.15) is 4.83 Å². The van der Waals surface area contributed by atoms with Crippen molar-refractivity contribution in [3.8, 4) is 0 Å². The van der Waals surface area contributed by atoms with Gasteiger partial charge in [0.2, 0.25) is 5.89 Å². The Morgan fingerprint density at radius 3 is 2.96 bits per heavy atom. The summed E-state index contributed by atoms with van der Waals surface area (Å²) in [6, 6.07) is 1.80. The number of halogens is 1. The monoisotopic (exact) mass is 367 g/mol. The van der Waals surface area contributed by atoms with Gasteiger partial charge in [0.25, 0.3) is 5.56 Å². The highest BCUT2D eigenvalue weighted by atomic mass is 35.5. The summed E-state index contributed by atoms with van der Waals surface area (Å²) in [6.07, 6.45) is 6.04. The molecule has 3 aromatic heterocycles. The van der Waals surface area contributed by atoms with Crippen LogP contribution in [-0.2, 0) is 18.5 Å². The van der Waals surface area contributed by atoms with E-state index in [-0.39, 0.29) is 18.0 Å². The fourth-order valence-electron chi connectivity index (χ4n) is 3.06. The summed E-state index contributed by atoms with van der Waals surface area (Å²) in [6.45, 7) is 0.455. The molecule has 1 aliphatic rings. The van der Waals surface area contributed by atoms with Crippen LogP contribution >= 0.6 is 23.7 Å². The zero-order chi connectivity index (χ0) is 15.9. The van der Waals surface area contributed by atoms with Crippen molar-refractivity contribution >= 4 is 34.0 Å². The van der Waals surface area contributed by atoms with Gasteiger partial charge in [-0.25, -0.2) is 4.98 Å². The molecule has 4 rings (SSSR count). The molecule has 24 heavy (non-hydrogen) atoms. The first-order valence-electron chi connectivity index (χ1n) is 7.70. The van der Waals surface area contributed by atoms with Crippen molar-refractivity contribution in [3.63, 3.8) is 0 Å². The number of fused-ring (bicyclic) bond motifs is 1. The second-order valence-electron chi connectivity index (χ2n) is 6.01. The zero-order valence-corrected chi connectivity index (χ0v) is 14.6. The number of hydrogen-bond acceptors (Lipinski definition) is 7. The Morgan fingerprint density at radius 2 is 2.17 bits per heavy atom. The lowest BCUT2D eigenvalue weighted by atomic mass is 9.99. The van der Waals surface area contributed by atoms with E-state index < -0.39 is 5.54 Å². The van der Waals surface area contributed by atoms with E-state index in [4.69, 9.17) is 10.3 Å². The highest BCUT2D eigenvalue weighted by Crippen LogP contribution is 2.34. The summed E-state index contributed by atoms with van der Waals surface area (Å²) in [5.74, 6) is 1.10. The van der Waals surface area contributed by atoms with Gasteiger partial charge in [-0.3, -0.25) is 9.36 Å². The molecule has 3 aromatic rings. The summed E-state index contributed by atoms with van der Waals surface area (Å²) in [5, 5.41) is 6.55. The van der Waals surface area contributed by atoms with E-state index in [2.05, 4.69) is 15.1 Å². The van der Waals surface area contributed by atoms with Gasteiger partial charge in [0, 0.05) is 13.0 Å². The third-order valence-corrected chi connectivity index (χ3v) is 5.25. The molecule has 128 valence electrons. The molecule has 1 aliphatic carbocycles. The van der Waals surface area contributed by atoms with Crippen LogP contribution in [0.5, 0.6) is 0 Å². The normalized spacial score (nSPS) is 16.4. The molecule has 0 aromatic carbocycles. The fraction of sp³-hybridized carbons (Fsp3) is 0.467. The maximum absolute atomic E-state index is 12.3. The minimum Gasteiger partial charge on any atom is -0.339 e. The quantitative estimate of drug-likeness (QED) is 0.759. The summed E-state index contributed by atoms with van der Waals surface area (Å²) < 4.78 is 6.88. The standard InChI is InChI=1S/C15H17N5O2S.ClH/c16-15(5-1-2-6-15)14-18-11(22-19-14)3-7-20-9-17-12-10(13(20)21)4-8-23-12;/h4,8-9H,1-3,5-7,16H2;1H. The minimum atomic E-state index is -0.449. The lowest BCUT2D eigenvalue weighted by Crippen LogP contribution is -2.34. The first kappa shape index (κ1) is 17.1. The third kappa shape index (κ3) is 2.97. The number of nitrogens with zero attached hydrogens (tertiary/aromatic N) is 4. The number of thiophene rings is 1. The van der Waals surface area contributed by atoms with Gasteiger partial charge in [-0.15, -0.1) is 23.7 Å². The zero-order valence-electron chi connectivity index (χ0n) is 13.0. The maximum atomic E-state index is 12.3. The SMILES string of the molecule is Cl.NC1(c2noc(CCn3cnc4sccc4c3=O)n2)CCCC1. The van der Waals surface area contributed by atoms with Crippen LogP contribution in [0.1, 0.15) is 37.4 Å². The number of aromatic nitrogens is 4. The van der Waals surface area contributed by atoms with E-state index in [1.807, 2.05) is 5.38 Å². The molecular formula is C15H18ClN5O2S.